The molecule has 1 aromatic heterocycles. The van der Waals surface area contributed by atoms with E-state index in [9.17, 15) is 0 Å². The first-order valence-corrected chi connectivity index (χ1v) is 8.77. The van der Waals surface area contributed by atoms with E-state index in [1.807, 2.05) is 13.8 Å². The lowest BCUT2D eigenvalue weighted by molar-refractivity contribution is 0.463. The average Bonchev–Trinajstić information content (AvgIpc) is 3.19. The Labute approximate surface area is 149 Å². The van der Waals surface area contributed by atoms with E-state index in [1.54, 1.807) is 7.05 Å². The van der Waals surface area contributed by atoms with Crippen LogP contribution in [0.4, 0.5) is 5.69 Å². The molecule has 1 unspecified atom stereocenters. The van der Waals surface area contributed by atoms with Crippen LogP contribution in [0, 0.1) is 20.8 Å². The van der Waals surface area contributed by atoms with E-state index in [0.29, 0.717) is 18.5 Å². The van der Waals surface area contributed by atoms with Gasteiger partial charge in [0.2, 0.25) is 5.89 Å². The molecule has 0 aliphatic carbocycles. The number of rotatable bonds is 4. The van der Waals surface area contributed by atoms with Gasteiger partial charge >= 0.3 is 0 Å². The first kappa shape index (κ1) is 17.3. The Hall–Kier alpha value is -2.50. The van der Waals surface area contributed by atoms with Gasteiger partial charge < -0.3 is 20.0 Å². The number of guanidine groups is 1. The summed E-state index contributed by atoms with van der Waals surface area (Å²) in [5.74, 6) is 2.33. The zero-order valence-corrected chi connectivity index (χ0v) is 15.5. The van der Waals surface area contributed by atoms with E-state index < -0.39 is 0 Å². The van der Waals surface area contributed by atoms with Crippen LogP contribution in [0.2, 0.25) is 0 Å². The summed E-state index contributed by atoms with van der Waals surface area (Å²) in [6.45, 7) is 8.55. The van der Waals surface area contributed by atoms with Crippen LogP contribution in [-0.2, 0) is 6.54 Å². The standard InChI is InChI=1S/C19H27N5O/c1-13-5-7-17(8-6-13)24-10-9-16(12-24)23-19(20-4)21-11-18-22-14(2)15(3)25-18/h5-8,16H,9-12H2,1-4H3,(H2,20,21,23). The van der Waals surface area contributed by atoms with Gasteiger partial charge in [0.05, 0.1) is 12.2 Å². The fraction of sp³-hybridized carbons (Fsp3) is 0.474. The highest BCUT2D eigenvalue weighted by Crippen LogP contribution is 2.20. The zero-order chi connectivity index (χ0) is 17.8. The maximum atomic E-state index is 5.60. The predicted molar refractivity (Wildman–Crippen MR) is 101 cm³/mol. The number of nitrogens with zero attached hydrogens (tertiary/aromatic N) is 3. The summed E-state index contributed by atoms with van der Waals surface area (Å²) in [6, 6.07) is 9.09. The quantitative estimate of drug-likeness (QED) is 0.661. The Morgan fingerprint density at radius 3 is 2.68 bits per heavy atom. The molecule has 0 spiro atoms. The number of hydrogen-bond donors (Lipinski definition) is 2. The van der Waals surface area contributed by atoms with Crippen LogP contribution in [0.1, 0.15) is 29.3 Å². The Kier molecular flexibility index (Phi) is 5.26. The van der Waals surface area contributed by atoms with Gasteiger partial charge in [-0.1, -0.05) is 17.7 Å². The molecule has 0 radical (unpaired) electrons. The molecule has 134 valence electrons. The number of aliphatic imine (C=N–C) groups is 1. The maximum absolute atomic E-state index is 5.60. The van der Waals surface area contributed by atoms with E-state index in [2.05, 4.69) is 56.7 Å². The SMILES string of the molecule is CN=C(NCc1nc(C)c(C)o1)NC1CCN(c2ccc(C)cc2)C1. The van der Waals surface area contributed by atoms with Crippen LogP contribution >= 0.6 is 0 Å². The summed E-state index contributed by atoms with van der Waals surface area (Å²) in [4.78, 5) is 11.1. The minimum Gasteiger partial charge on any atom is -0.444 e. The lowest BCUT2D eigenvalue weighted by Gasteiger charge is -2.20. The number of nitrogens with one attached hydrogen (secondary N) is 2. The number of anilines is 1. The Bertz CT molecular complexity index is 715. The van der Waals surface area contributed by atoms with Crippen LogP contribution < -0.4 is 15.5 Å². The maximum Gasteiger partial charge on any atom is 0.214 e. The van der Waals surface area contributed by atoms with E-state index >= 15 is 0 Å². The molecule has 0 bridgehead atoms. The van der Waals surface area contributed by atoms with Gasteiger partial charge in [-0.25, -0.2) is 4.98 Å². The second-order valence-corrected chi connectivity index (χ2v) is 6.59. The van der Waals surface area contributed by atoms with Crippen LogP contribution in [-0.4, -0.2) is 37.1 Å². The van der Waals surface area contributed by atoms with Crippen LogP contribution in [0.15, 0.2) is 33.7 Å². The van der Waals surface area contributed by atoms with Crippen molar-refractivity contribution in [2.24, 2.45) is 4.99 Å². The summed E-state index contributed by atoms with van der Waals surface area (Å²) in [5, 5.41) is 6.78. The van der Waals surface area contributed by atoms with Crippen molar-refractivity contribution in [2.75, 3.05) is 25.0 Å². The van der Waals surface area contributed by atoms with Crippen molar-refractivity contribution in [3.05, 3.63) is 47.2 Å². The summed E-state index contributed by atoms with van der Waals surface area (Å²) < 4.78 is 5.60. The fourth-order valence-corrected chi connectivity index (χ4v) is 3.03. The van der Waals surface area contributed by atoms with E-state index in [4.69, 9.17) is 4.42 Å². The molecule has 6 nitrogen and oxygen atoms in total. The Balaban J connectivity index is 1.51. The molecule has 1 fully saturated rings. The summed E-state index contributed by atoms with van der Waals surface area (Å²) in [5.41, 5.74) is 3.51. The van der Waals surface area contributed by atoms with E-state index in [1.165, 1.54) is 11.3 Å². The number of oxazole rings is 1. The van der Waals surface area contributed by atoms with Crippen LogP contribution in [0.5, 0.6) is 0 Å². The third kappa shape index (κ3) is 4.32. The molecule has 2 N–H and O–H groups in total. The topological polar surface area (TPSA) is 65.7 Å². The molecule has 1 aliphatic heterocycles. The minimum absolute atomic E-state index is 0.375. The van der Waals surface area contributed by atoms with Crippen molar-refractivity contribution < 1.29 is 4.42 Å². The third-order valence-electron chi connectivity index (χ3n) is 4.63. The highest BCUT2D eigenvalue weighted by molar-refractivity contribution is 5.80. The minimum atomic E-state index is 0.375. The van der Waals surface area contributed by atoms with Crippen molar-refractivity contribution in [3.63, 3.8) is 0 Å². The van der Waals surface area contributed by atoms with Gasteiger partial charge in [0.25, 0.3) is 0 Å². The summed E-state index contributed by atoms with van der Waals surface area (Å²) in [6.07, 6.45) is 1.09. The van der Waals surface area contributed by atoms with Crippen molar-refractivity contribution in [2.45, 2.75) is 39.8 Å². The molecule has 6 heteroatoms. The number of benzene rings is 1. The van der Waals surface area contributed by atoms with Crippen molar-refractivity contribution in [1.29, 1.82) is 0 Å². The monoisotopic (exact) mass is 341 g/mol. The van der Waals surface area contributed by atoms with Gasteiger partial charge in [0.1, 0.15) is 5.76 Å². The first-order valence-electron chi connectivity index (χ1n) is 8.77. The van der Waals surface area contributed by atoms with Gasteiger partial charge in [-0.2, -0.15) is 0 Å². The second-order valence-electron chi connectivity index (χ2n) is 6.59. The summed E-state index contributed by atoms with van der Waals surface area (Å²) in [7, 11) is 1.79. The van der Waals surface area contributed by atoms with Gasteiger partial charge in [0.15, 0.2) is 5.96 Å². The van der Waals surface area contributed by atoms with Crippen molar-refractivity contribution >= 4 is 11.6 Å². The highest BCUT2D eigenvalue weighted by atomic mass is 16.4. The molecule has 2 heterocycles. The molecule has 1 atom stereocenters. The van der Waals surface area contributed by atoms with Gasteiger partial charge in [-0.05, 0) is 39.3 Å². The number of aryl methyl sites for hydroxylation is 3. The Morgan fingerprint density at radius 2 is 2.04 bits per heavy atom. The van der Waals surface area contributed by atoms with Crippen molar-refractivity contribution in [1.82, 2.24) is 15.6 Å². The second kappa shape index (κ2) is 7.59. The molecule has 2 aromatic rings. The molecule has 1 aromatic carbocycles. The highest BCUT2D eigenvalue weighted by Gasteiger charge is 2.23. The largest absolute Gasteiger partial charge is 0.444 e. The zero-order valence-electron chi connectivity index (χ0n) is 15.5. The molecule has 1 aliphatic rings. The molecular weight excluding hydrogens is 314 g/mol. The molecule has 25 heavy (non-hydrogen) atoms. The van der Waals surface area contributed by atoms with E-state index in [-0.39, 0.29) is 0 Å². The molecule has 0 saturated carbocycles. The lowest BCUT2D eigenvalue weighted by atomic mass is 10.2. The van der Waals surface area contributed by atoms with Gasteiger partial charge in [-0.15, -0.1) is 0 Å². The number of aromatic nitrogens is 1. The smallest absolute Gasteiger partial charge is 0.214 e. The molecule has 3 rings (SSSR count). The van der Waals surface area contributed by atoms with Crippen LogP contribution in [0.3, 0.4) is 0 Å². The fourth-order valence-electron chi connectivity index (χ4n) is 3.03. The average molecular weight is 341 g/mol. The number of hydrogen-bond acceptors (Lipinski definition) is 4. The molecule has 1 saturated heterocycles. The molecule has 0 amide bonds. The summed E-state index contributed by atoms with van der Waals surface area (Å²) >= 11 is 0. The van der Waals surface area contributed by atoms with Gasteiger partial charge in [0, 0.05) is 31.9 Å². The van der Waals surface area contributed by atoms with E-state index in [0.717, 1.165) is 36.9 Å². The molecular formula is C19H27N5O. The van der Waals surface area contributed by atoms with Crippen LogP contribution in [0.25, 0.3) is 0 Å². The van der Waals surface area contributed by atoms with Crippen molar-refractivity contribution in [3.8, 4) is 0 Å². The normalized spacial score (nSPS) is 17.8. The Morgan fingerprint density at radius 1 is 1.28 bits per heavy atom. The van der Waals surface area contributed by atoms with Gasteiger partial charge in [-0.3, -0.25) is 4.99 Å². The third-order valence-corrected chi connectivity index (χ3v) is 4.63. The predicted octanol–water partition coefficient (Wildman–Crippen LogP) is 2.54. The first-order chi connectivity index (χ1) is 12.0. The lowest BCUT2D eigenvalue weighted by Crippen LogP contribution is -2.44.